The molecule has 4 aromatic rings. The number of amides is 1. The molecule has 0 radical (unpaired) electrons. The second-order valence-corrected chi connectivity index (χ2v) is 8.86. The zero-order valence-corrected chi connectivity index (χ0v) is 20.3. The smallest absolute Gasteiger partial charge is 0.355 e. The van der Waals surface area contributed by atoms with Crippen LogP contribution in [0.4, 0.5) is 13.2 Å². The molecule has 1 amide bonds. The number of carbonyl (C=O) groups excluding carboxylic acids is 1. The van der Waals surface area contributed by atoms with E-state index in [2.05, 4.69) is 10.5 Å². The van der Waals surface area contributed by atoms with Gasteiger partial charge in [-0.1, -0.05) is 59.2 Å². The van der Waals surface area contributed by atoms with E-state index >= 15 is 0 Å². The van der Waals surface area contributed by atoms with E-state index in [-0.39, 0.29) is 28.5 Å². The Kier molecular flexibility index (Phi) is 7.47. The molecule has 1 aromatic heterocycles. The standard InChI is InChI=1S/C27H23ClF3N3O2/c1-34(2)16-15-32-26(35)19-9-7-18(8-10-19)25-23(21-5-3-4-6-22(21)27(29,30)31)24(33-36-25)17-11-13-20(28)14-12-17/h3-14H,15-16H2,1-2H3,(H,32,35). The fraction of sp³-hybridized carbons (Fsp3) is 0.185. The summed E-state index contributed by atoms with van der Waals surface area (Å²) >= 11 is 6.00. The van der Waals surface area contributed by atoms with E-state index in [0.717, 1.165) is 6.07 Å². The maximum absolute atomic E-state index is 13.9. The van der Waals surface area contributed by atoms with Crippen molar-refractivity contribution in [3.05, 3.63) is 88.9 Å². The molecule has 9 heteroatoms. The lowest BCUT2D eigenvalue weighted by Crippen LogP contribution is -2.31. The van der Waals surface area contributed by atoms with Gasteiger partial charge in [-0.25, -0.2) is 0 Å². The van der Waals surface area contributed by atoms with Gasteiger partial charge in [0.25, 0.3) is 5.91 Å². The van der Waals surface area contributed by atoms with E-state index in [1.165, 1.54) is 18.2 Å². The van der Waals surface area contributed by atoms with E-state index in [1.54, 1.807) is 48.5 Å². The topological polar surface area (TPSA) is 58.4 Å². The number of rotatable bonds is 7. The molecule has 0 saturated heterocycles. The molecule has 0 atom stereocenters. The van der Waals surface area contributed by atoms with E-state index in [9.17, 15) is 18.0 Å². The average molecular weight is 514 g/mol. The monoisotopic (exact) mass is 513 g/mol. The summed E-state index contributed by atoms with van der Waals surface area (Å²) in [4.78, 5) is 14.4. The molecular formula is C27H23ClF3N3O2. The molecule has 0 saturated carbocycles. The Balaban J connectivity index is 1.79. The van der Waals surface area contributed by atoms with E-state index in [1.807, 2.05) is 19.0 Å². The molecule has 0 fully saturated rings. The van der Waals surface area contributed by atoms with Gasteiger partial charge in [-0.3, -0.25) is 4.79 Å². The molecule has 186 valence electrons. The second kappa shape index (κ2) is 10.6. The summed E-state index contributed by atoms with van der Waals surface area (Å²) in [5.74, 6) is -0.0818. The first-order valence-electron chi connectivity index (χ1n) is 11.1. The fourth-order valence-corrected chi connectivity index (χ4v) is 3.88. The first-order chi connectivity index (χ1) is 17.1. The van der Waals surface area contributed by atoms with Crippen molar-refractivity contribution in [1.29, 1.82) is 0 Å². The summed E-state index contributed by atoms with van der Waals surface area (Å²) in [5, 5.41) is 7.45. The van der Waals surface area contributed by atoms with Crippen molar-refractivity contribution < 1.29 is 22.5 Å². The van der Waals surface area contributed by atoms with Gasteiger partial charge in [0.05, 0.1) is 11.1 Å². The van der Waals surface area contributed by atoms with Crippen LogP contribution in [-0.4, -0.2) is 43.1 Å². The maximum atomic E-state index is 13.9. The molecule has 0 unspecified atom stereocenters. The molecule has 3 aromatic carbocycles. The highest BCUT2D eigenvalue weighted by Crippen LogP contribution is 2.45. The van der Waals surface area contributed by atoms with Crippen LogP contribution in [-0.2, 0) is 6.18 Å². The Morgan fingerprint density at radius 3 is 2.25 bits per heavy atom. The Bertz CT molecular complexity index is 1350. The highest BCUT2D eigenvalue weighted by atomic mass is 35.5. The normalized spacial score (nSPS) is 11.6. The van der Waals surface area contributed by atoms with Gasteiger partial charge in [0.2, 0.25) is 0 Å². The first kappa shape index (κ1) is 25.5. The van der Waals surface area contributed by atoms with E-state index in [0.29, 0.717) is 34.8 Å². The molecule has 36 heavy (non-hydrogen) atoms. The van der Waals surface area contributed by atoms with Gasteiger partial charge in [0, 0.05) is 40.4 Å². The Morgan fingerprint density at radius 2 is 1.61 bits per heavy atom. The highest BCUT2D eigenvalue weighted by Gasteiger charge is 2.35. The number of carbonyl (C=O) groups is 1. The number of nitrogens with zero attached hydrogens (tertiary/aromatic N) is 2. The van der Waals surface area contributed by atoms with E-state index in [4.69, 9.17) is 16.1 Å². The Morgan fingerprint density at radius 1 is 0.972 bits per heavy atom. The summed E-state index contributed by atoms with van der Waals surface area (Å²) in [6.07, 6.45) is -4.59. The van der Waals surface area contributed by atoms with Gasteiger partial charge < -0.3 is 14.7 Å². The van der Waals surface area contributed by atoms with Crippen molar-refractivity contribution >= 4 is 17.5 Å². The maximum Gasteiger partial charge on any atom is 0.417 e. The van der Waals surface area contributed by atoms with Crippen LogP contribution in [0.5, 0.6) is 0 Å². The van der Waals surface area contributed by atoms with Crippen molar-refractivity contribution in [2.45, 2.75) is 6.18 Å². The van der Waals surface area contributed by atoms with Crippen LogP contribution in [0.15, 0.2) is 77.3 Å². The number of benzene rings is 3. The molecule has 5 nitrogen and oxygen atoms in total. The third-order valence-electron chi connectivity index (χ3n) is 5.57. The van der Waals surface area contributed by atoms with Crippen molar-refractivity contribution in [3.8, 4) is 33.7 Å². The van der Waals surface area contributed by atoms with Crippen molar-refractivity contribution in [2.75, 3.05) is 27.2 Å². The molecule has 1 heterocycles. The first-order valence-corrected chi connectivity index (χ1v) is 11.5. The summed E-state index contributed by atoms with van der Waals surface area (Å²) in [6.45, 7) is 1.18. The average Bonchev–Trinajstić information content (AvgIpc) is 3.29. The molecule has 1 N–H and O–H groups in total. The lowest BCUT2D eigenvalue weighted by atomic mass is 9.92. The SMILES string of the molecule is CN(C)CCNC(=O)c1ccc(-c2onc(-c3ccc(Cl)cc3)c2-c2ccccc2C(F)(F)F)cc1. The van der Waals surface area contributed by atoms with Gasteiger partial charge in [0.15, 0.2) is 5.76 Å². The van der Waals surface area contributed by atoms with Crippen molar-refractivity contribution in [1.82, 2.24) is 15.4 Å². The van der Waals surface area contributed by atoms with Gasteiger partial charge in [-0.15, -0.1) is 0 Å². The minimum absolute atomic E-state index is 0.0586. The van der Waals surface area contributed by atoms with Crippen LogP contribution < -0.4 is 5.32 Å². The summed E-state index contributed by atoms with van der Waals surface area (Å²) in [5.41, 5.74) is 1.06. The van der Waals surface area contributed by atoms with Crippen LogP contribution in [0.3, 0.4) is 0 Å². The third-order valence-corrected chi connectivity index (χ3v) is 5.82. The minimum atomic E-state index is -4.59. The Labute approximate surface area is 211 Å². The lowest BCUT2D eigenvalue weighted by Gasteiger charge is -2.14. The molecule has 0 spiro atoms. The number of hydrogen-bond donors (Lipinski definition) is 1. The van der Waals surface area contributed by atoms with Crippen LogP contribution in [0.1, 0.15) is 15.9 Å². The van der Waals surface area contributed by atoms with Crippen molar-refractivity contribution in [2.24, 2.45) is 0 Å². The molecule has 0 aliphatic rings. The zero-order chi connectivity index (χ0) is 25.9. The van der Waals surface area contributed by atoms with Crippen LogP contribution in [0.2, 0.25) is 5.02 Å². The number of hydrogen-bond acceptors (Lipinski definition) is 4. The number of likely N-dealkylation sites (N-methyl/N-ethyl adjacent to an activating group) is 1. The highest BCUT2D eigenvalue weighted by molar-refractivity contribution is 6.30. The van der Waals surface area contributed by atoms with Gasteiger partial charge in [-0.05, 0) is 44.4 Å². The van der Waals surface area contributed by atoms with Crippen LogP contribution >= 0.6 is 11.6 Å². The largest absolute Gasteiger partial charge is 0.417 e. The van der Waals surface area contributed by atoms with Gasteiger partial charge in [-0.2, -0.15) is 13.2 Å². The molecule has 0 aliphatic carbocycles. The van der Waals surface area contributed by atoms with Crippen molar-refractivity contribution in [3.63, 3.8) is 0 Å². The van der Waals surface area contributed by atoms with Crippen LogP contribution in [0, 0.1) is 0 Å². The van der Waals surface area contributed by atoms with Crippen LogP contribution in [0.25, 0.3) is 33.7 Å². The predicted octanol–water partition coefficient (Wildman–Crippen LogP) is 6.64. The van der Waals surface area contributed by atoms with Gasteiger partial charge in [0.1, 0.15) is 5.69 Å². The number of alkyl halides is 3. The minimum Gasteiger partial charge on any atom is -0.355 e. The number of aromatic nitrogens is 1. The summed E-state index contributed by atoms with van der Waals surface area (Å²) in [6, 6.07) is 18.4. The quantitative estimate of drug-likeness (QED) is 0.301. The fourth-order valence-electron chi connectivity index (χ4n) is 3.76. The zero-order valence-electron chi connectivity index (χ0n) is 19.6. The van der Waals surface area contributed by atoms with E-state index < -0.39 is 11.7 Å². The molecule has 0 bridgehead atoms. The number of nitrogens with one attached hydrogen (secondary N) is 1. The molecular weight excluding hydrogens is 491 g/mol. The van der Waals surface area contributed by atoms with Gasteiger partial charge >= 0.3 is 6.18 Å². The predicted molar refractivity (Wildman–Crippen MR) is 134 cm³/mol. The second-order valence-electron chi connectivity index (χ2n) is 8.42. The third kappa shape index (κ3) is 5.61. The summed E-state index contributed by atoms with van der Waals surface area (Å²) < 4.78 is 47.4. The Hall–Kier alpha value is -3.62. The molecule has 0 aliphatic heterocycles. The number of halogens is 4. The molecule has 4 rings (SSSR count). The lowest BCUT2D eigenvalue weighted by molar-refractivity contribution is -0.137. The summed E-state index contributed by atoms with van der Waals surface area (Å²) in [7, 11) is 3.82.